The first-order valence-electron chi connectivity index (χ1n) is 9.74. The maximum Gasteiger partial charge on any atom is 0.573 e. The van der Waals surface area contributed by atoms with Gasteiger partial charge >= 0.3 is 12.3 Å². The summed E-state index contributed by atoms with van der Waals surface area (Å²) in [7, 11) is 0. The average Bonchev–Trinajstić information content (AvgIpc) is 3.20. The molecule has 168 valence electrons. The van der Waals surface area contributed by atoms with Gasteiger partial charge in [-0.1, -0.05) is 24.3 Å². The van der Waals surface area contributed by atoms with E-state index in [0.29, 0.717) is 29.2 Å². The number of benzene rings is 2. The molecule has 3 rings (SSSR count). The third-order valence-corrected chi connectivity index (χ3v) is 5.24. The number of hydrogen-bond donors (Lipinski definition) is 1. The number of aryl methyl sites for hydroxylation is 1. The molecule has 0 saturated heterocycles. The van der Waals surface area contributed by atoms with Gasteiger partial charge in [0.05, 0.1) is 11.6 Å². The van der Waals surface area contributed by atoms with Crippen molar-refractivity contribution < 1.29 is 32.2 Å². The highest BCUT2D eigenvalue weighted by molar-refractivity contribution is 7.14. The van der Waals surface area contributed by atoms with Gasteiger partial charge in [0.15, 0.2) is 0 Å². The zero-order valence-corrected chi connectivity index (χ0v) is 17.9. The number of hydrogen-bond acceptors (Lipinski definition) is 5. The summed E-state index contributed by atoms with van der Waals surface area (Å²) in [4.78, 5) is 23.9. The number of amides is 1. The third kappa shape index (κ3) is 6.84. The first-order valence-corrected chi connectivity index (χ1v) is 10.6. The van der Waals surface area contributed by atoms with Crippen LogP contribution < -0.4 is 10.1 Å². The first kappa shape index (κ1) is 23.3. The van der Waals surface area contributed by atoms with Crippen molar-refractivity contribution in [2.45, 2.75) is 26.1 Å². The van der Waals surface area contributed by atoms with Crippen LogP contribution in [0.4, 0.5) is 18.2 Å². The molecule has 0 unspecified atom stereocenters. The van der Waals surface area contributed by atoms with Crippen molar-refractivity contribution in [3.05, 3.63) is 71.1 Å². The van der Waals surface area contributed by atoms with Crippen LogP contribution in [0.25, 0.3) is 11.1 Å². The average molecular weight is 463 g/mol. The Morgan fingerprint density at radius 2 is 1.69 bits per heavy atom. The van der Waals surface area contributed by atoms with Crippen molar-refractivity contribution in [1.29, 1.82) is 0 Å². The predicted molar refractivity (Wildman–Crippen MR) is 116 cm³/mol. The molecule has 1 heterocycles. The molecule has 0 spiro atoms. The van der Waals surface area contributed by atoms with Crippen LogP contribution in [0.3, 0.4) is 0 Å². The van der Waals surface area contributed by atoms with Crippen molar-refractivity contribution in [2.24, 2.45) is 0 Å². The maximum atomic E-state index is 12.5. The predicted octanol–water partition coefficient (Wildman–Crippen LogP) is 6.06. The van der Waals surface area contributed by atoms with E-state index >= 15 is 0 Å². The molecule has 0 fully saturated rings. The summed E-state index contributed by atoms with van der Waals surface area (Å²) in [6.45, 7) is 2.10. The van der Waals surface area contributed by atoms with Crippen LogP contribution >= 0.6 is 11.3 Å². The monoisotopic (exact) mass is 463 g/mol. The Balaban J connectivity index is 1.58. The van der Waals surface area contributed by atoms with E-state index in [1.54, 1.807) is 42.6 Å². The van der Waals surface area contributed by atoms with Gasteiger partial charge in [0.2, 0.25) is 0 Å². The lowest BCUT2D eigenvalue weighted by atomic mass is 10.1. The summed E-state index contributed by atoms with van der Waals surface area (Å²) in [5.74, 6) is -0.842. The number of esters is 1. The second-order valence-corrected chi connectivity index (χ2v) is 7.64. The van der Waals surface area contributed by atoms with E-state index in [9.17, 15) is 22.8 Å². The molecule has 0 aliphatic carbocycles. The summed E-state index contributed by atoms with van der Waals surface area (Å²) in [6, 6.07) is 14.2. The lowest BCUT2D eigenvalue weighted by Gasteiger charge is -2.08. The Hall–Kier alpha value is -3.33. The molecule has 32 heavy (non-hydrogen) atoms. The standard InChI is InChI=1S/C23H20F3NO4S/c1-2-30-21(28)12-5-15-3-6-17(7-4-15)22(29)27-20-13-18(14-32-20)16-8-10-19(11-9-16)31-23(24,25)26/h3-4,6-11,13-14H,2,5,12H2,1H3,(H,27,29). The Bertz CT molecular complexity index is 1060. The summed E-state index contributed by atoms with van der Waals surface area (Å²) in [6.07, 6.45) is -3.93. The number of alkyl halides is 3. The minimum Gasteiger partial charge on any atom is -0.466 e. The van der Waals surface area contributed by atoms with E-state index in [-0.39, 0.29) is 24.0 Å². The molecule has 0 aliphatic heterocycles. The van der Waals surface area contributed by atoms with Gasteiger partial charge in [0.25, 0.3) is 5.91 Å². The molecule has 0 bridgehead atoms. The van der Waals surface area contributed by atoms with Gasteiger partial charge in [0, 0.05) is 17.4 Å². The zero-order chi connectivity index (χ0) is 23.1. The SMILES string of the molecule is CCOC(=O)CCc1ccc(C(=O)Nc2cc(-c3ccc(OC(F)(F)F)cc3)cs2)cc1. The molecular formula is C23H20F3NO4S. The molecule has 0 atom stereocenters. The van der Waals surface area contributed by atoms with Gasteiger partial charge in [-0.15, -0.1) is 24.5 Å². The lowest BCUT2D eigenvalue weighted by molar-refractivity contribution is -0.274. The van der Waals surface area contributed by atoms with E-state index in [2.05, 4.69) is 10.1 Å². The number of thiophene rings is 1. The minimum absolute atomic E-state index is 0.259. The summed E-state index contributed by atoms with van der Waals surface area (Å²) >= 11 is 1.31. The Morgan fingerprint density at radius 1 is 1.00 bits per heavy atom. The van der Waals surface area contributed by atoms with Crippen molar-refractivity contribution in [2.75, 3.05) is 11.9 Å². The van der Waals surface area contributed by atoms with E-state index in [4.69, 9.17) is 4.74 Å². The third-order valence-electron chi connectivity index (χ3n) is 4.40. The molecule has 1 aromatic heterocycles. The number of nitrogens with one attached hydrogen (secondary N) is 1. The summed E-state index contributed by atoms with van der Waals surface area (Å²) < 4.78 is 45.6. The van der Waals surface area contributed by atoms with Gasteiger partial charge < -0.3 is 14.8 Å². The lowest BCUT2D eigenvalue weighted by Crippen LogP contribution is -2.16. The fraction of sp³-hybridized carbons (Fsp3) is 0.217. The molecule has 5 nitrogen and oxygen atoms in total. The van der Waals surface area contributed by atoms with Crippen molar-refractivity contribution >= 4 is 28.2 Å². The van der Waals surface area contributed by atoms with Crippen molar-refractivity contribution in [3.63, 3.8) is 0 Å². The fourth-order valence-corrected chi connectivity index (χ4v) is 3.69. The number of halogens is 3. The second-order valence-electron chi connectivity index (χ2n) is 6.73. The molecule has 0 radical (unpaired) electrons. The van der Waals surface area contributed by atoms with Gasteiger partial charge in [-0.25, -0.2) is 0 Å². The number of carbonyl (C=O) groups is 2. The van der Waals surface area contributed by atoms with Crippen LogP contribution in [0.5, 0.6) is 5.75 Å². The quantitative estimate of drug-likeness (QED) is 0.413. The topological polar surface area (TPSA) is 64.6 Å². The highest BCUT2D eigenvalue weighted by Crippen LogP contribution is 2.31. The minimum atomic E-state index is -4.74. The van der Waals surface area contributed by atoms with Crippen LogP contribution in [0.15, 0.2) is 60.0 Å². The maximum absolute atomic E-state index is 12.5. The van der Waals surface area contributed by atoms with E-state index in [1.165, 1.54) is 35.6 Å². The van der Waals surface area contributed by atoms with E-state index in [0.717, 1.165) is 11.1 Å². The van der Waals surface area contributed by atoms with Crippen LogP contribution in [-0.4, -0.2) is 24.8 Å². The first-order chi connectivity index (χ1) is 15.2. The molecule has 1 N–H and O–H groups in total. The van der Waals surface area contributed by atoms with Gasteiger partial charge in [-0.3, -0.25) is 9.59 Å². The van der Waals surface area contributed by atoms with Gasteiger partial charge in [-0.05, 0) is 60.4 Å². The molecule has 0 aliphatic rings. The number of carbonyl (C=O) groups excluding carboxylic acids is 2. The van der Waals surface area contributed by atoms with Gasteiger partial charge in [0.1, 0.15) is 5.75 Å². The normalized spacial score (nSPS) is 11.1. The van der Waals surface area contributed by atoms with Gasteiger partial charge in [-0.2, -0.15) is 0 Å². The summed E-state index contributed by atoms with van der Waals surface area (Å²) in [5, 5.41) is 5.21. The smallest absolute Gasteiger partial charge is 0.466 e. The van der Waals surface area contributed by atoms with E-state index in [1.807, 2.05) is 0 Å². The van der Waals surface area contributed by atoms with E-state index < -0.39 is 6.36 Å². The van der Waals surface area contributed by atoms with Crippen molar-refractivity contribution in [3.8, 4) is 16.9 Å². The summed E-state index contributed by atoms with van der Waals surface area (Å²) in [5.41, 5.74) is 2.85. The van der Waals surface area contributed by atoms with Crippen LogP contribution in [0.2, 0.25) is 0 Å². The molecular weight excluding hydrogens is 443 g/mol. The van der Waals surface area contributed by atoms with Crippen LogP contribution in [0.1, 0.15) is 29.3 Å². The van der Waals surface area contributed by atoms with Crippen LogP contribution in [-0.2, 0) is 16.0 Å². The second kappa shape index (κ2) is 10.3. The Labute approximate surface area is 186 Å². The zero-order valence-electron chi connectivity index (χ0n) is 17.1. The Morgan fingerprint density at radius 3 is 2.31 bits per heavy atom. The molecule has 9 heteroatoms. The number of anilines is 1. The number of ether oxygens (including phenoxy) is 2. The molecule has 0 saturated carbocycles. The number of rotatable bonds is 8. The molecule has 3 aromatic rings. The molecule has 2 aromatic carbocycles. The fourth-order valence-electron chi connectivity index (χ4n) is 2.89. The van der Waals surface area contributed by atoms with Crippen LogP contribution in [0, 0.1) is 0 Å². The molecule has 1 amide bonds. The Kier molecular flexibility index (Phi) is 7.53. The largest absolute Gasteiger partial charge is 0.573 e. The van der Waals surface area contributed by atoms with Crippen molar-refractivity contribution in [1.82, 2.24) is 0 Å². The highest BCUT2D eigenvalue weighted by Gasteiger charge is 2.31. The highest BCUT2D eigenvalue weighted by atomic mass is 32.1.